The number of carbonyl (C=O) groups is 3. The number of alkyl halides is 3. The lowest BCUT2D eigenvalue weighted by Crippen LogP contribution is -2.63. The Hall–Kier alpha value is -3.22. The number of aliphatic hydroxyl groups is 1. The molecule has 2 aromatic carbocycles. The van der Waals surface area contributed by atoms with Crippen molar-refractivity contribution in [2.24, 2.45) is 0 Å². The number of benzene rings is 2. The lowest BCUT2D eigenvalue weighted by atomic mass is 9.97. The fraction of sp³-hybridized carbons (Fsp3) is 0.531. The molecule has 3 atom stereocenters. The minimum atomic E-state index is -5.01. The van der Waals surface area contributed by atoms with Gasteiger partial charge >= 0.3 is 12.1 Å². The molecule has 0 spiro atoms. The molecular formula is C32H41ClF4N4O4. The van der Waals surface area contributed by atoms with E-state index in [0.29, 0.717) is 47.8 Å². The number of halogens is 5. The molecule has 3 rings (SSSR count). The molecule has 3 unspecified atom stereocenters. The van der Waals surface area contributed by atoms with Gasteiger partial charge in [0, 0.05) is 56.8 Å². The van der Waals surface area contributed by atoms with Crippen molar-refractivity contribution in [3.05, 3.63) is 70.5 Å². The predicted molar refractivity (Wildman–Crippen MR) is 163 cm³/mol. The third kappa shape index (κ3) is 10.4. The highest BCUT2D eigenvalue weighted by Crippen LogP contribution is 2.24. The standard InChI is InChI=1S/C32H41ClF4N4O4/c1-5-6-25-20-40(26(17-21-7-11-23(33)12-8-21)19-39(4)30(44)32(35,36)37)15-16-41(25)28(42)27(38-29(43)31(2,3)45)18-22-9-13-24(34)14-10-22/h7-14,25-27,45H,5-6,15-20H2,1-4H3,(H,38,43). The molecule has 1 aliphatic heterocycles. The molecule has 13 heteroatoms. The van der Waals surface area contributed by atoms with Crippen molar-refractivity contribution in [2.45, 2.75) is 76.4 Å². The lowest BCUT2D eigenvalue weighted by molar-refractivity contribution is -0.184. The van der Waals surface area contributed by atoms with Crippen LogP contribution in [0.15, 0.2) is 48.5 Å². The minimum Gasteiger partial charge on any atom is -0.381 e. The van der Waals surface area contributed by atoms with Gasteiger partial charge in [-0.3, -0.25) is 19.3 Å². The normalized spacial score (nSPS) is 17.5. The summed E-state index contributed by atoms with van der Waals surface area (Å²) in [7, 11) is 1.12. The fourth-order valence-corrected chi connectivity index (χ4v) is 5.62. The second-order valence-corrected chi connectivity index (χ2v) is 12.5. The summed E-state index contributed by atoms with van der Waals surface area (Å²) in [5.74, 6) is -3.51. The Morgan fingerprint density at radius 3 is 2.16 bits per heavy atom. The topological polar surface area (TPSA) is 93.2 Å². The molecule has 45 heavy (non-hydrogen) atoms. The van der Waals surface area contributed by atoms with Crippen LogP contribution in [0, 0.1) is 5.82 Å². The number of nitrogens with one attached hydrogen (secondary N) is 1. The van der Waals surface area contributed by atoms with Gasteiger partial charge in [0.2, 0.25) is 5.91 Å². The van der Waals surface area contributed by atoms with Crippen LogP contribution in [-0.2, 0) is 27.2 Å². The molecule has 0 aromatic heterocycles. The molecule has 0 bridgehead atoms. The van der Waals surface area contributed by atoms with Gasteiger partial charge in [-0.2, -0.15) is 13.2 Å². The molecule has 0 radical (unpaired) electrons. The maximum absolute atomic E-state index is 14.0. The monoisotopic (exact) mass is 656 g/mol. The number of likely N-dealkylation sites (N-methyl/N-ethyl adjacent to an activating group) is 1. The SMILES string of the molecule is CCCC1CN(C(Cc2ccc(Cl)cc2)CN(C)C(=O)C(F)(F)F)CCN1C(=O)C(Cc1ccc(F)cc1)NC(=O)C(C)(C)O. The molecular weight excluding hydrogens is 616 g/mol. The molecule has 2 aromatic rings. The van der Waals surface area contributed by atoms with E-state index >= 15 is 0 Å². The summed E-state index contributed by atoms with van der Waals surface area (Å²) in [5.41, 5.74) is -0.314. The molecule has 1 saturated heterocycles. The molecule has 1 fully saturated rings. The van der Waals surface area contributed by atoms with Crippen molar-refractivity contribution in [3.8, 4) is 0 Å². The van der Waals surface area contributed by atoms with Crippen LogP contribution in [0.4, 0.5) is 17.6 Å². The zero-order valence-corrected chi connectivity index (χ0v) is 26.7. The van der Waals surface area contributed by atoms with Crippen molar-refractivity contribution >= 4 is 29.3 Å². The Balaban J connectivity index is 1.87. The smallest absolute Gasteiger partial charge is 0.381 e. The van der Waals surface area contributed by atoms with E-state index in [4.69, 9.17) is 11.6 Å². The summed E-state index contributed by atoms with van der Waals surface area (Å²) in [6.07, 6.45) is -3.33. The van der Waals surface area contributed by atoms with Gasteiger partial charge in [0.1, 0.15) is 17.5 Å². The first-order valence-corrected chi connectivity index (χ1v) is 15.3. The number of hydrogen-bond acceptors (Lipinski definition) is 5. The van der Waals surface area contributed by atoms with Crippen LogP contribution in [0.3, 0.4) is 0 Å². The van der Waals surface area contributed by atoms with Crippen LogP contribution in [0.25, 0.3) is 0 Å². The molecule has 0 saturated carbocycles. The van der Waals surface area contributed by atoms with E-state index in [0.717, 1.165) is 12.6 Å². The zero-order valence-electron chi connectivity index (χ0n) is 25.9. The Bertz CT molecular complexity index is 1300. The van der Waals surface area contributed by atoms with Crippen LogP contribution >= 0.6 is 11.6 Å². The molecule has 248 valence electrons. The highest BCUT2D eigenvalue weighted by molar-refractivity contribution is 6.30. The van der Waals surface area contributed by atoms with Crippen LogP contribution < -0.4 is 5.32 Å². The quantitative estimate of drug-likeness (QED) is 0.334. The van der Waals surface area contributed by atoms with Gasteiger partial charge in [-0.25, -0.2) is 4.39 Å². The Kier molecular flexibility index (Phi) is 12.4. The maximum atomic E-state index is 14.0. The minimum absolute atomic E-state index is 0.0591. The van der Waals surface area contributed by atoms with Crippen molar-refractivity contribution in [1.29, 1.82) is 0 Å². The van der Waals surface area contributed by atoms with Crippen molar-refractivity contribution in [3.63, 3.8) is 0 Å². The third-order valence-corrected chi connectivity index (χ3v) is 8.16. The van der Waals surface area contributed by atoms with Crippen molar-refractivity contribution < 1.29 is 37.1 Å². The summed E-state index contributed by atoms with van der Waals surface area (Å²) in [5, 5.41) is 13.4. The van der Waals surface area contributed by atoms with Gasteiger partial charge in [0.15, 0.2) is 0 Å². The summed E-state index contributed by atoms with van der Waals surface area (Å²) < 4.78 is 53.3. The lowest BCUT2D eigenvalue weighted by Gasteiger charge is -2.46. The molecule has 2 N–H and O–H groups in total. The number of carbonyl (C=O) groups excluding carboxylic acids is 3. The van der Waals surface area contributed by atoms with Gasteiger partial charge in [0.25, 0.3) is 5.91 Å². The summed E-state index contributed by atoms with van der Waals surface area (Å²) >= 11 is 6.03. The molecule has 0 aliphatic carbocycles. The highest BCUT2D eigenvalue weighted by Gasteiger charge is 2.43. The van der Waals surface area contributed by atoms with Crippen molar-refractivity contribution in [1.82, 2.24) is 20.0 Å². The molecule has 1 aliphatic rings. The van der Waals surface area contributed by atoms with E-state index in [1.807, 2.05) is 11.8 Å². The zero-order chi connectivity index (χ0) is 33.5. The van der Waals surface area contributed by atoms with E-state index in [1.165, 1.54) is 38.1 Å². The molecule has 1 heterocycles. The number of amides is 3. The fourth-order valence-electron chi connectivity index (χ4n) is 5.49. The van der Waals surface area contributed by atoms with E-state index in [1.54, 1.807) is 29.2 Å². The van der Waals surface area contributed by atoms with E-state index in [-0.39, 0.29) is 31.5 Å². The largest absolute Gasteiger partial charge is 0.471 e. The average molecular weight is 657 g/mol. The average Bonchev–Trinajstić information content (AvgIpc) is 2.97. The van der Waals surface area contributed by atoms with Crippen LogP contribution in [0.1, 0.15) is 44.7 Å². The van der Waals surface area contributed by atoms with Gasteiger partial charge in [0.05, 0.1) is 0 Å². The number of nitrogens with zero attached hydrogens (tertiary/aromatic N) is 3. The second-order valence-electron chi connectivity index (χ2n) is 12.1. The van der Waals surface area contributed by atoms with Gasteiger partial charge in [-0.1, -0.05) is 49.2 Å². The number of piperazine rings is 1. The molecule has 8 nitrogen and oxygen atoms in total. The predicted octanol–water partition coefficient (Wildman–Crippen LogP) is 4.22. The third-order valence-electron chi connectivity index (χ3n) is 7.91. The number of hydrogen-bond donors (Lipinski definition) is 2. The Morgan fingerprint density at radius 2 is 1.60 bits per heavy atom. The Labute approximate surface area is 266 Å². The maximum Gasteiger partial charge on any atom is 0.471 e. The van der Waals surface area contributed by atoms with Crippen molar-refractivity contribution in [2.75, 3.05) is 33.2 Å². The van der Waals surface area contributed by atoms with E-state index in [9.17, 15) is 37.1 Å². The number of rotatable bonds is 12. The highest BCUT2D eigenvalue weighted by atomic mass is 35.5. The summed E-state index contributed by atoms with van der Waals surface area (Å²) in [6, 6.07) is 10.6. The summed E-state index contributed by atoms with van der Waals surface area (Å²) in [4.78, 5) is 43.2. The first kappa shape index (κ1) is 36.3. The summed E-state index contributed by atoms with van der Waals surface area (Å²) in [6.45, 7) is 5.23. The van der Waals surface area contributed by atoms with Gasteiger partial charge in [-0.15, -0.1) is 0 Å². The molecule has 3 amide bonds. The van der Waals surface area contributed by atoms with E-state index in [2.05, 4.69) is 5.32 Å². The Morgan fingerprint density at radius 1 is 1.02 bits per heavy atom. The first-order chi connectivity index (χ1) is 21.0. The van der Waals surface area contributed by atoms with Gasteiger partial charge < -0.3 is 20.2 Å². The second kappa shape index (κ2) is 15.4. The van der Waals surface area contributed by atoms with Gasteiger partial charge in [-0.05, 0) is 62.1 Å². The van der Waals surface area contributed by atoms with Crippen LogP contribution in [0.2, 0.25) is 5.02 Å². The van der Waals surface area contributed by atoms with E-state index < -0.39 is 41.5 Å². The van der Waals surface area contributed by atoms with Crippen LogP contribution in [-0.4, -0.2) is 101 Å². The van der Waals surface area contributed by atoms with Crippen LogP contribution in [0.5, 0.6) is 0 Å². The first-order valence-electron chi connectivity index (χ1n) is 14.9.